The van der Waals surface area contributed by atoms with E-state index in [9.17, 15) is 0 Å². The molecule has 0 aliphatic carbocycles. The van der Waals surface area contributed by atoms with Gasteiger partial charge in [0.2, 0.25) is 0 Å². The van der Waals surface area contributed by atoms with Crippen LogP contribution < -0.4 is 0 Å². The first-order valence-electron chi connectivity index (χ1n) is 20.4. The number of para-hydroxylation sites is 4. The van der Waals surface area contributed by atoms with Gasteiger partial charge in [-0.3, -0.25) is 4.40 Å². The number of hydrogen-bond donors (Lipinski definition) is 0. The Labute approximate surface area is 335 Å². The van der Waals surface area contributed by atoms with Crippen molar-refractivity contribution in [2.24, 2.45) is 0 Å². The molecule has 4 heteroatoms. The van der Waals surface area contributed by atoms with Crippen molar-refractivity contribution in [3.05, 3.63) is 182 Å². The van der Waals surface area contributed by atoms with Crippen LogP contribution in [0, 0.1) is 0 Å². The quantitative estimate of drug-likeness (QED) is 0.173. The van der Waals surface area contributed by atoms with Crippen LogP contribution >= 0.6 is 0 Å². The van der Waals surface area contributed by atoms with Crippen LogP contribution in [0.5, 0.6) is 0 Å². The second-order valence-electron chi connectivity index (χ2n) is 16.3. The van der Waals surface area contributed by atoms with E-state index in [0.29, 0.717) is 0 Å². The van der Waals surface area contributed by atoms with Gasteiger partial charge in [0, 0.05) is 70.5 Å². The fourth-order valence-corrected chi connectivity index (χ4v) is 11.2. The Hall–Kier alpha value is -7.95. The second-order valence-corrected chi connectivity index (χ2v) is 16.3. The van der Waals surface area contributed by atoms with Crippen LogP contribution in [0.1, 0.15) is 0 Å². The molecule has 6 aromatic heterocycles. The van der Waals surface area contributed by atoms with Crippen LogP contribution in [0.4, 0.5) is 0 Å². The maximum Gasteiger partial charge on any atom is 0.146 e. The Morgan fingerprint density at radius 3 is 1.92 bits per heavy atom. The van der Waals surface area contributed by atoms with Gasteiger partial charge in [0.1, 0.15) is 5.65 Å². The molecule has 0 spiro atoms. The van der Waals surface area contributed by atoms with E-state index in [-0.39, 0.29) is 0 Å². The highest BCUT2D eigenvalue weighted by molar-refractivity contribution is 6.39. The molecule has 0 N–H and O–H groups in total. The molecule has 0 radical (unpaired) electrons. The fourth-order valence-electron chi connectivity index (χ4n) is 11.2. The van der Waals surface area contributed by atoms with E-state index in [0.717, 1.165) is 16.9 Å². The van der Waals surface area contributed by atoms with Crippen molar-refractivity contribution in [2.45, 2.75) is 0 Å². The molecular formula is C55H30N4. The monoisotopic (exact) mass is 746 g/mol. The number of benzene rings is 9. The summed E-state index contributed by atoms with van der Waals surface area (Å²) in [7, 11) is 0. The molecule has 0 saturated carbocycles. The van der Waals surface area contributed by atoms with Gasteiger partial charge in [0.05, 0.1) is 44.8 Å². The molecule has 15 aromatic rings. The van der Waals surface area contributed by atoms with E-state index in [4.69, 9.17) is 4.98 Å². The van der Waals surface area contributed by atoms with Crippen molar-refractivity contribution in [2.75, 3.05) is 0 Å². The molecule has 9 aromatic carbocycles. The number of pyridine rings is 1. The van der Waals surface area contributed by atoms with Gasteiger partial charge in [-0.15, -0.1) is 0 Å². The maximum absolute atomic E-state index is 5.52. The van der Waals surface area contributed by atoms with Crippen LogP contribution in [0.15, 0.2) is 182 Å². The highest BCUT2D eigenvalue weighted by atomic mass is 15.0. The summed E-state index contributed by atoms with van der Waals surface area (Å²) in [6.45, 7) is 0. The van der Waals surface area contributed by atoms with Gasteiger partial charge in [0.15, 0.2) is 0 Å². The highest BCUT2D eigenvalue weighted by Gasteiger charge is 2.27. The number of nitrogens with zero attached hydrogens (tertiary/aromatic N) is 4. The van der Waals surface area contributed by atoms with E-state index in [2.05, 4.69) is 195 Å². The Morgan fingerprint density at radius 1 is 0.339 bits per heavy atom. The molecule has 0 saturated heterocycles. The van der Waals surface area contributed by atoms with Crippen LogP contribution in [0.25, 0.3) is 136 Å². The third-order valence-electron chi connectivity index (χ3n) is 13.5. The van der Waals surface area contributed by atoms with Gasteiger partial charge in [-0.1, -0.05) is 140 Å². The summed E-state index contributed by atoms with van der Waals surface area (Å²) < 4.78 is 7.39. The fraction of sp³-hybridized carbons (Fsp3) is 0. The lowest BCUT2D eigenvalue weighted by molar-refractivity contribution is 1.18. The van der Waals surface area contributed by atoms with E-state index in [1.54, 1.807) is 0 Å². The third kappa shape index (κ3) is 3.56. The molecule has 0 fully saturated rings. The van der Waals surface area contributed by atoms with Gasteiger partial charge in [0.25, 0.3) is 0 Å². The minimum Gasteiger partial charge on any atom is -0.309 e. The number of aromatic nitrogens is 4. The zero-order chi connectivity index (χ0) is 38.1. The average molecular weight is 747 g/mol. The molecule has 0 bridgehead atoms. The molecule has 6 heterocycles. The van der Waals surface area contributed by atoms with Crippen molar-refractivity contribution in [1.82, 2.24) is 18.4 Å². The number of hydrogen-bond acceptors (Lipinski definition) is 1. The van der Waals surface area contributed by atoms with Gasteiger partial charge in [-0.2, -0.15) is 0 Å². The first-order chi connectivity index (χ1) is 29.3. The van der Waals surface area contributed by atoms with Crippen LogP contribution in [0.3, 0.4) is 0 Å². The molecule has 0 atom stereocenters. The zero-order valence-electron chi connectivity index (χ0n) is 31.6. The maximum atomic E-state index is 5.52. The van der Waals surface area contributed by atoms with Gasteiger partial charge >= 0.3 is 0 Å². The standard InChI is InChI=1S/C55H30N4/c1-2-14-34(15-3-1)57-45-23-9-8-18-38(45)43-28-33(25-27-46(43)57)37-19-10-21-41-48-35-16-6-5-13-32(35)29-44-50-49-42-22-11-20-39-40-26-24-31-12-4-7-17-36(31)51(40)58(53(39)42)47(49)30-56-55(50)59(52(37)41)54(44)48/h1-30H. The van der Waals surface area contributed by atoms with Gasteiger partial charge in [-0.05, 0) is 58.1 Å². The predicted octanol–water partition coefficient (Wildman–Crippen LogP) is 14.5. The van der Waals surface area contributed by atoms with Crippen LogP contribution in [0.2, 0.25) is 0 Å². The molecule has 59 heavy (non-hydrogen) atoms. The first kappa shape index (κ1) is 30.2. The molecule has 0 aliphatic rings. The molecule has 4 nitrogen and oxygen atoms in total. The molecule has 0 aliphatic heterocycles. The van der Waals surface area contributed by atoms with Crippen LogP contribution in [-0.4, -0.2) is 18.4 Å². The summed E-state index contributed by atoms with van der Waals surface area (Å²) in [6.07, 6.45) is 2.14. The average Bonchev–Trinajstić information content (AvgIpc) is 4.09. The smallest absolute Gasteiger partial charge is 0.146 e. The number of rotatable bonds is 2. The van der Waals surface area contributed by atoms with Crippen LogP contribution in [-0.2, 0) is 0 Å². The predicted molar refractivity (Wildman–Crippen MR) is 248 cm³/mol. The molecule has 15 rings (SSSR count). The SMILES string of the molecule is c1ccc(-n2c3ccccc3c3cc(-c4cccc5c6c7ccccc7cc7c8c9c%10cccc%11c%12ccc%13ccccc%13c%12n(c9cnc8n(c45)c76)c%11%10)ccc32)cc1. The van der Waals surface area contributed by atoms with Crippen molar-refractivity contribution in [3.8, 4) is 16.8 Å². The molecular weight excluding hydrogens is 717 g/mol. The summed E-state index contributed by atoms with van der Waals surface area (Å²) in [6, 6.07) is 64.9. The topological polar surface area (TPSA) is 26.6 Å². The minimum absolute atomic E-state index is 1.00. The van der Waals surface area contributed by atoms with Gasteiger partial charge in [-0.25, -0.2) is 4.98 Å². The summed E-state index contributed by atoms with van der Waals surface area (Å²) in [5, 5.41) is 17.6. The molecule has 0 unspecified atom stereocenters. The van der Waals surface area contributed by atoms with E-state index in [1.165, 1.54) is 120 Å². The van der Waals surface area contributed by atoms with Crippen molar-refractivity contribution < 1.29 is 0 Å². The summed E-state index contributed by atoms with van der Waals surface area (Å²) in [5.74, 6) is 0. The summed E-state index contributed by atoms with van der Waals surface area (Å²) >= 11 is 0. The van der Waals surface area contributed by atoms with E-state index >= 15 is 0 Å². The Bertz CT molecular complexity index is 4300. The molecule has 270 valence electrons. The lowest BCUT2D eigenvalue weighted by atomic mass is 9.96. The lowest BCUT2D eigenvalue weighted by Gasteiger charge is -2.09. The van der Waals surface area contributed by atoms with Crippen molar-refractivity contribution in [1.29, 1.82) is 0 Å². The Balaban J connectivity index is 1.12. The largest absolute Gasteiger partial charge is 0.309 e. The Morgan fingerprint density at radius 2 is 1.02 bits per heavy atom. The molecule has 0 amide bonds. The van der Waals surface area contributed by atoms with E-state index in [1.807, 2.05) is 0 Å². The van der Waals surface area contributed by atoms with Crippen molar-refractivity contribution >= 4 is 120 Å². The second kappa shape index (κ2) is 10.5. The highest BCUT2D eigenvalue weighted by Crippen LogP contribution is 2.50. The first-order valence-corrected chi connectivity index (χ1v) is 20.4. The van der Waals surface area contributed by atoms with Crippen molar-refractivity contribution in [3.63, 3.8) is 0 Å². The Kier molecular flexibility index (Phi) is 5.38. The summed E-state index contributed by atoms with van der Waals surface area (Å²) in [5.41, 5.74) is 13.1. The lowest BCUT2D eigenvalue weighted by Crippen LogP contribution is -1.93. The van der Waals surface area contributed by atoms with Gasteiger partial charge < -0.3 is 8.97 Å². The third-order valence-corrected chi connectivity index (χ3v) is 13.5. The minimum atomic E-state index is 1.00. The summed E-state index contributed by atoms with van der Waals surface area (Å²) in [4.78, 5) is 5.52. The zero-order valence-corrected chi connectivity index (χ0v) is 31.6. The normalized spacial score (nSPS) is 12.7. The number of fused-ring (bicyclic) bond motifs is 20. The van der Waals surface area contributed by atoms with E-state index < -0.39 is 0 Å².